The number of hydrogen-bond donors (Lipinski definition) is 3. The van der Waals surface area contributed by atoms with Crippen LogP contribution in [0.15, 0.2) is 6.20 Å². The first kappa shape index (κ1) is 12.4. The van der Waals surface area contributed by atoms with Crippen LogP contribution in [0.25, 0.3) is 0 Å². The van der Waals surface area contributed by atoms with Gasteiger partial charge in [0.15, 0.2) is 0 Å². The molecule has 2 heterocycles. The van der Waals surface area contributed by atoms with Crippen LogP contribution in [0.3, 0.4) is 0 Å². The molecule has 1 aliphatic heterocycles. The van der Waals surface area contributed by atoms with Gasteiger partial charge in [-0.15, -0.1) is 0 Å². The molecule has 0 atom stereocenters. The minimum atomic E-state index is -0.948. The van der Waals surface area contributed by atoms with E-state index in [9.17, 15) is 9.18 Å². The highest BCUT2D eigenvalue weighted by molar-refractivity contribution is 5.66. The number of hydrogen-bond acceptors (Lipinski definition) is 4. The second kappa shape index (κ2) is 4.67. The molecular formula is C11H15FN4O2. The number of piperidine rings is 1. The number of nitrogens with zero attached hydrogens (tertiary/aromatic N) is 2. The minimum absolute atomic E-state index is 0.106. The lowest BCUT2D eigenvalue weighted by molar-refractivity contribution is 0.132. The van der Waals surface area contributed by atoms with Crippen molar-refractivity contribution in [1.29, 1.82) is 0 Å². The molecule has 0 bridgehead atoms. The number of anilines is 2. The number of nitrogen functional groups attached to an aromatic ring is 2. The smallest absolute Gasteiger partial charge is 0.407 e. The van der Waals surface area contributed by atoms with Crippen molar-refractivity contribution in [1.82, 2.24) is 9.88 Å². The number of carboxylic acid groups (broad SMARTS) is 1. The monoisotopic (exact) mass is 254 g/mol. The maximum absolute atomic E-state index is 13.7. The van der Waals surface area contributed by atoms with E-state index >= 15 is 0 Å². The first-order chi connectivity index (χ1) is 8.50. The Labute approximate surface area is 103 Å². The van der Waals surface area contributed by atoms with E-state index in [2.05, 4.69) is 4.98 Å². The normalized spacial score (nSPS) is 16.8. The van der Waals surface area contributed by atoms with Gasteiger partial charge in [-0.25, -0.2) is 14.2 Å². The fourth-order valence-electron chi connectivity index (χ4n) is 2.31. The summed E-state index contributed by atoms with van der Waals surface area (Å²) in [4.78, 5) is 15.7. The SMILES string of the molecule is Nc1ncc(F)c(C2CCN(C(=O)O)CC2)c1N. The van der Waals surface area contributed by atoms with E-state index in [0.717, 1.165) is 6.20 Å². The summed E-state index contributed by atoms with van der Waals surface area (Å²) in [7, 11) is 0. The van der Waals surface area contributed by atoms with Crippen LogP contribution < -0.4 is 11.5 Å². The topological polar surface area (TPSA) is 105 Å². The number of amides is 1. The lowest BCUT2D eigenvalue weighted by Gasteiger charge is -2.30. The van der Waals surface area contributed by atoms with E-state index in [1.54, 1.807) is 0 Å². The molecule has 0 radical (unpaired) electrons. The molecule has 0 spiro atoms. The third kappa shape index (κ3) is 2.15. The van der Waals surface area contributed by atoms with Gasteiger partial charge in [-0.05, 0) is 18.8 Å². The van der Waals surface area contributed by atoms with E-state index in [0.29, 0.717) is 31.5 Å². The second-order valence-corrected chi connectivity index (χ2v) is 4.36. The standard InChI is InChI=1S/C11H15FN4O2/c12-7-5-15-10(14)9(13)8(7)6-1-3-16(4-2-6)11(17)18/h5-6H,1-4,13H2,(H2,14,15)(H,17,18). The average Bonchev–Trinajstić information content (AvgIpc) is 2.35. The van der Waals surface area contributed by atoms with Crippen molar-refractivity contribution in [3.8, 4) is 0 Å². The van der Waals surface area contributed by atoms with Gasteiger partial charge < -0.3 is 21.5 Å². The van der Waals surface area contributed by atoms with Crippen molar-refractivity contribution in [3.05, 3.63) is 17.6 Å². The van der Waals surface area contributed by atoms with Gasteiger partial charge in [0.1, 0.15) is 11.6 Å². The molecule has 0 aliphatic carbocycles. The van der Waals surface area contributed by atoms with Crippen LogP contribution in [0.1, 0.15) is 24.3 Å². The molecule has 6 nitrogen and oxygen atoms in total. The molecule has 2 rings (SSSR count). The summed E-state index contributed by atoms with van der Waals surface area (Å²) in [6.45, 7) is 0.752. The van der Waals surface area contributed by atoms with Crippen molar-refractivity contribution in [2.75, 3.05) is 24.6 Å². The van der Waals surface area contributed by atoms with Crippen molar-refractivity contribution in [2.24, 2.45) is 0 Å². The van der Waals surface area contributed by atoms with Gasteiger partial charge in [0.25, 0.3) is 0 Å². The Hall–Kier alpha value is -2.05. The molecule has 1 aromatic rings. The zero-order chi connectivity index (χ0) is 13.3. The number of halogens is 1. The minimum Gasteiger partial charge on any atom is -0.465 e. The molecule has 1 fully saturated rings. The summed E-state index contributed by atoms with van der Waals surface area (Å²) in [5.41, 5.74) is 11.9. The van der Waals surface area contributed by atoms with E-state index in [1.165, 1.54) is 4.90 Å². The van der Waals surface area contributed by atoms with E-state index < -0.39 is 11.9 Å². The largest absolute Gasteiger partial charge is 0.465 e. The molecule has 1 aliphatic rings. The predicted octanol–water partition coefficient (Wildman–Crippen LogP) is 1.24. The van der Waals surface area contributed by atoms with Crippen molar-refractivity contribution in [2.45, 2.75) is 18.8 Å². The summed E-state index contributed by atoms with van der Waals surface area (Å²) in [6, 6.07) is 0. The Kier molecular flexibility index (Phi) is 3.22. The fourth-order valence-corrected chi connectivity index (χ4v) is 2.31. The Morgan fingerprint density at radius 2 is 2.06 bits per heavy atom. The van der Waals surface area contributed by atoms with Gasteiger partial charge in [-0.2, -0.15) is 0 Å². The van der Waals surface area contributed by atoms with Gasteiger partial charge >= 0.3 is 6.09 Å². The summed E-state index contributed by atoms with van der Waals surface area (Å²) < 4.78 is 13.7. The lowest BCUT2D eigenvalue weighted by Crippen LogP contribution is -2.37. The maximum Gasteiger partial charge on any atom is 0.407 e. The highest BCUT2D eigenvalue weighted by Gasteiger charge is 2.27. The zero-order valence-electron chi connectivity index (χ0n) is 9.77. The van der Waals surface area contributed by atoms with Crippen LogP contribution in [0.4, 0.5) is 20.7 Å². The molecule has 1 amide bonds. The molecule has 0 aromatic carbocycles. The predicted molar refractivity (Wildman–Crippen MR) is 64.6 cm³/mol. The summed E-state index contributed by atoms with van der Waals surface area (Å²) in [5.74, 6) is -0.464. The Morgan fingerprint density at radius 3 is 2.61 bits per heavy atom. The van der Waals surface area contributed by atoms with Gasteiger partial charge in [0.05, 0.1) is 11.9 Å². The molecule has 1 saturated heterocycles. The summed E-state index contributed by atoms with van der Waals surface area (Å²) >= 11 is 0. The lowest BCUT2D eigenvalue weighted by atomic mass is 9.88. The summed E-state index contributed by atoms with van der Waals surface area (Å²) in [6.07, 6.45) is 1.19. The second-order valence-electron chi connectivity index (χ2n) is 4.36. The zero-order valence-corrected chi connectivity index (χ0v) is 9.77. The number of likely N-dealkylation sites (tertiary alicyclic amines) is 1. The van der Waals surface area contributed by atoms with Crippen molar-refractivity contribution < 1.29 is 14.3 Å². The Bertz CT molecular complexity index is 472. The number of rotatable bonds is 1. The first-order valence-electron chi connectivity index (χ1n) is 5.68. The Balaban J connectivity index is 2.20. The van der Waals surface area contributed by atoms with Gasteiger partial charge in [0, 0.05) is 18.7 Å². The molecule has 18 heavy (non-hydrogen) atoms. The number of nitrogens with two attached hydrogens (primary N) is 2. The molecule has 5 N–H and O–H groups in total. The van der Waals surface area contributed by atoms with Crippen molar-refractivity contribution in [3.63, 3.8) is 0 Å². The first-order valence-corrected chi connectivity index (χ1v) is 5.68. The number of carbonyl (C=O) groups is 1. The molecule has 7 heteroatoms. The number of pyridine rings is 1. The van der Waals surface area contributed by atoms with Crippen LogP contribution in [0.5, 0.6) is 0 Å². The van der Waals surface area contributed by atoms with Crippen LogP contribution in [0.2, 0.25) is 0 Å². The van der Waals surface area contributed by atoms with Crippen LogP contribution in [-0.4, -0.2) is 34.2 Å². The van der Waals surface area contributed by atoms with Gasteiger partial charge in [0.2, 0.25) is 0 Å². The highest BCUT2D eigenvalue weighted by Crippen LogP contribution is 2.35. The average molecular weight is 254 g/mol. The van der Waals surface area contributed by atoms with E-state index in [1.807, 2.05) is 0 Å². The third-order valence-corrected chi connectivity index (χ3v) is 3.31. The van der Waals surface area contributed by atoms with E-state index in [4.69, 9.17) is 16.6 Å². The molecule has 0 unspecified atom stereocenters. The third-order valence-electron chi connectivity index (χ3n) is 3.31. The van der Waals surface area contributed by atoms with Gasteiger partial charge in [-0.3, -0.25) is 0 Å². The van der Waals surface area contributed by atoms with Crippen LogP contribution in [0, 0.1) is 5.82 Å². The summed E-state index contributed by atoms with van der Waals surface area (Å²) in [5, 5.41) is 8.85. The molecular weight excluding hydrogens is 239 g/mol. The van der Waals surface area contributed by atoms with E-state index in [-0.39, 0.29) is 17.4 Å². The van der Waals surface area contributed by atoms with Gasteiger partial charge in [-0.1, -0.05) is 0 Å². The highest BCUT2D eigenvalue weighted by atomic mass is 19.1. The number of aromatic nitrogens is 1. The Morgan fingerprint density at radius 1 is 1.44 bits per heavy atom. The van der Waals surface area contributed by atoms with Crippen LogP contribution >= 0.6 is 0 Å². The maximum atomic E-state index is 13.7. The van der Waals surface area contributed by atoms with Crippen molar-refractivity contribution >= 4 is 17.6 Å². The molecule has 0 saturated carbocycles. The molecule has 1 aromatic heterocycles. The molecule has 98 valence electrons. The fraction of sp³-hybridized carbons (Fsp3) is 0.455. The quantitative estimate of drug-likeness (QED) is 0.699. The van der Waals surface area contributed by atoms with Crippen LogP contribution in [-0.2, 0) is 0 Å².